The van der Waals surface area contributed by atoms with Gasteiger partial charge in [-0.25, -0.2) is 0 Å². The molecule has 0 aromatic rings. The molecule has 0 bridgehead atoms. The van der Waals surface area contributed by atoms with E-state index in [4.69, 9.17) is 0 Å². The van der Waals surface area contributed by atoms with Gasteiger partial charge in [-0.1, -0.05) is 6.92 Å². The summed E-state index contributed by atoms with van der Waals surface area (Å²) < 4.78 is 0. The number of rotatable bonds is 5. The Morgan fingerprint density at radius 3 is 2.62 bits per heavy atom. The van der Waals surface area contributed by atoms with Gasteiger partial charge in [-0.3, -0.25) is 4.90 Å². The van der Waals surface area contributed by atoms with Gasteiger partial charge in [-0.15, -0.1) is 11.8 Å². The molecule has 0 saturated carbocycles. The van der Waals surface area contributed by atoms with E-state index >= 15 is 0 Å². The molecule has 0 aromatic heterocycles. The van der Waals surface area contributed by atoms with Crippen LogP contribution in [0.1, 0.15) is 26.7 Å². The third-order valence-corrected chi connectivity index (χ3v) is 2.49. The largest absolute Gasteiger partial charge is 0.314 e. The van der Waals surface area contributed by atoms with Crippen LogP contribution in [0.4, 0.5) is 0 Å². The van der Waals surface area contributed by atoms with Crippen molar-refractivity contribution in [1.29, 1.82) is 0 Å². The normalized spacial score (nSPS) is 16.5. The number of nitrogens with one attached hydrogen (secondary N) is 1. The fourth-order valence-electron chi connectivity index (χ4n) is 1.62. The number of nitrogens with zero attached hydrogens (tertiary/aromatic N) is 1. The van der Waals surface area contributed by atoms with E-state index in [2.05, 4.69) is 29.0 Å². The smallest absolute Gasteiger partial charge is 0.0345 e. The van der Waals surface area contributed by atoms with E-state index in [-0.39, 0.29) is 0 Å². The van der Waals surface area contributed by atoms with Crippen molar-refractivity contribution < 1.29 is 0 Å². The second-order valence-electron chi connectivity index (χ2n) is 3.52. The van der Waals surface area contributed by atoms with E-state index in [0.29, 0.717) is 0 Å². The number of hydrogen-bond donors (Lipinski definition) is 1. The monoisotopic (exact) mass is 180 g/mol. The Bertz CT molecular complexity index is 186. The van der Waals surface area contributed by atoms with Gasteiger partial charge in [0.1, 0.15) is 0 Å². The summed E-state index contributed by atoms with van der Waals surface area (Å²) in [6.45, 7) is 8.84. The molecule has 1 fully saturated rings. The highest BCUT2D eigenvalue weighted by Crippen LogP contribution is 2.06. The molecule has 0 spiro atoms. The molecule has 13 heavy (non-hydrogen) atoms. The molecule has 0 unspecified atom stereocenters. The second kappa shape index (κ2) is 6.01. The molecule has 0 amide bonds. The first-order valence-corrected chi connectivity index (χ1v) is 5.22. The fourth-order valence-corrected chi connectivity index (χ4v) is 1.62. The summed E-state index contributed by atoms with van der Waals surface area (Å²) in [6.07, 6.45) is 2.27. The van der Waals surface area contributed by atoms with E-state index in [9.17, 15) is 0 Å². The van der Waals surface area contributed by atoms with Crippen molar-refractivity contribution in [2.24, 2.45) is 0 Å². The minimum absolute atomic E-state index is 0.776. The standard InChI is InChI=1S/C11H20N2/c1-3-5-6-8-13(7-4-2)11-9-12-10-11/h11-12H,4,6-10H2,1-2H3. The lowest BCUT2D eigenvalue weighted by Gasteiger charge is -2.37. The van der Waals surface area contributed by atoms with Gasteiger partial charge in [0.2, 0.25) is 0 Å². The fraction of sp³-hybridized carbons (Fsp3) is 0.818. The Morgan fingerprint density at radius 2 is 2.15 bits per heavy atom. The van der Waals surface area contributed by atoms with E-state index in [1.54, 1.807) is 0 Å². The van der Waals surface area contributed by atoms with Crippen LogP contribution in [-0.2, 0) is 0 Å². The van der Waals surface area contributed by atoms with Crippen LogP contribution in [-0.4, -0.2) is 37.1 Å². The molecule has 1 heterocycles. The van der Waals surface area contributed by atoms with E-state index in [0.717, 1.165) is 19.0 Å². The summed E-state index contributed by atoms with van der Waals surface area (Å²) in [6, 6.07) is 0.776. The van der Waals surface area contributed by atoms with Gasteiger partial charge in [0, 0.05) is 32.1 Å². The summed E-state index contributed by atoms with van der Waals surface area (Å²) in [5, 5.41) is 3.31. The molecule has 1 rings (SSSR count). The van der Waals surface area contributed by atoms with Crippen LogP contribution in [0.3, 0.4) is 0 Å². The van der Waals surface area contributed by atoms with Gasteiger partial charge in [0.15, 0.2) is 0 Å². The SMILES string of the molecule is CC#CCCN(CCC)C1CNC1. The van der Waals surface area contributed by atoms with Crippen molar-refractivity contribution in [2.45, 2.75) is 32.7 Å². The molecule has 2 heteroatoms. The minimum atomic E-state index is 0.776. The zero-order chi connectivity index (χ0) is 9.52. The van der Waals surface area contributed by atoms with Gasteiger partial charge in [-0.05, 0) is 19.9 Å². The first kappa shape index (κ1) is 10.6. The summed E-state index contributed by atoms with van der Waals surface area (Å²) in [5.74, 6) is 6.08. The Balaban J connectivity index is 2.22. The van der Waals surface area contributed by atoms with Crippen molar-refractivity contribution in [3.8, 4) is 11.8 Å². The summed E-state index contributed by atoms with van der Waals surface area (Å²) >= 11 is 0. The maximum atomic E-state index is 3.31. The van der Waals surface area contributed by atoms with Crippen LogP contribution in [0.5, 0.6) is 0 Å². The molecule has 1 aliphatic heterocycles. The maximum Gasteiger partial charge on any atom is 0.0345 e. The van der Waals surface area contributed by atoms with E-state index < -0.39 is 0 Å². The highest BCUT2D eigenvalue weighted by Gasteiger charge is 2.22. The maximum absolute atomic E-state index is 3.31. The average molecular weight is 180 g/mol. The zero-order valence-electron chi connectivity index (χ0n) is 8.77. The summed E-state index contributed by atoms with van der Waals surface area (Å²) in [7, 11) is 0. The molecular formula is C11H20N2. The molecule has 0 aliphatic carbocycles. The van der Waals surface area contributed by atoms with Gasteiger partial charge in [-0.2, -0.15) is 0 Å². The van der Waals surface area contributed by atoms with E-state index in [1.165, 1.54) is 26.1 Å². The summed E-state index contributed by atoms with van der Waals surface area (Å²) in [4.78, 5) is 2.56. The lowest BCUT2D eigenvalue weighted by Crippen LogP contribution is -2.57. The van der Waals surface area contributed by atoms with E-state index in [1.807, 2.05) is 6.92 Å². The topological polar surface area (TPSA) is 15.3 Å². The van der Waals surface area contributed by atoms with Crippen molar-refractivity contribution in [3.05, 3.63) is 0 Å². The zero-order valence-corrected chi connectivity index (χ0v) is 8.77. The average Bonchev–Trinajstić information content (AvgIpc) is 2.02. The van der Waals surface area contributed by atoms with Crippen LogP contribution in [0.2, 0.25) is 0 Å². The third kappa shape index (κ3) is 3.38. The van der Waals surface area contributed by atoms with Crippen LogP contribution in [0.25, 0.3) is 0 Å². The van der Waals surface area contributed by atoms with Crippen LogP contribution in [0, 0.1) is 11.8 Å². The predicted molar refractivity (Wildman–Crippen MR) is 56.6 cm³/mol. The second-order valence-corrected chi connectivity index (χ2v) is 3.52. The van der Waals surface area contributed by atoms with Crippen LogP contribution in [0.15, 0.2) is 0 Å². The molecule has 1 saturated heterocycles. The Kier molecular flexibility index (Phi) is 4.88. The van der Waals surface area contributed by atoms with Crippen molar-refractivity contribution >= 4 is 0 Å². The summed E-state index contributed by atoms with van der Waals surface area (Å²) in [5.41, 5.74) is 0. The minimum Gasteiger partial charge on any atom is -0.314 e. The van der Waals surface area contributed by atoms with Crippen LogP contribution >= 0.6 is 0 Å². The molecule has 0 aromatic carbocycles. The Hall–Kier alpha value is -0.520. The highest BCUT2D eigenvalue weighted by molar-refractivity contribution is 4.96. The Morgan fingerprint density at radius 1 is 1.38 bits per heavy atom. The number of hydrogen-bond acceptors (Lipinski definition) is 2. The molecule has 0 atom stereocenters. The highest BCUT2D eigenvalue weighted by atomic mass is 15.2. The lowest BCUT2D eigenvalue weighted by molar-refractivity contribution is 0.149. The quantitative estimate of drug-likeness (QED) is 0.637. The van der Waals surface area contributed by atoms with Crippen molar-refractivity contribution in [1.82, 2.24) is 10.2 Å². The molecule has 1 N–H and O–H groups in total. The lowest BCUT2D eigenvalue weighted by atomic mass is 10.1. The molecule has 1 aliphatic rings. The predicted octanol–water partition coefficient (Wildman–Crippen LogP) is 1.08. The molecule has 0 radical (unpaired) electrons. The third-order valence-electron chi connectivity index (χ3n) is 2.49. The first-order chi connectivity index (χ1) is 6.38. The van der Waals surface area contributed by atoms with Gasteiger partial charge in [0.25, 0.3) is 0 Å². The molecular weight excluding hydrogens is 160 g/mol. The first-order valence-electron chi connectivity index (χ1n) is 5.22. The van der Waals surface area contributed by atoms with Crippen molar-refractivity contribution in [2.75, 3.05) is 26.2 Å². The molecule has 74 valence electrons. The van der Waals surface area contributed by atoms with Crippen molar-refractivity contribution in [3.63, 3.8) is 0 Å². The molecule has 2 nitrogen and oxygen atoms in total. The van der Waals surface area contributed by atoms with Gasteiger partial charge >= 0.3 is 0 Å². The Labute approximate surface area is 81.7 Å². The van der Waals surface area contributed by atoms with Gasteiger partial charge in [0.05, 0.1) is 0 Å². The van der Waals surface area contributed by atoms with Crippen LogP contribution < -0.4 is 5.32 Å². The van der Waals surface area contributed by atoms with Gasteiger partial charge < -0.3 is 5.32 Å².